The van der Waals surface area contributed by atoms with Gasteiger partial charge in [-0.3, -0.25) is 4.90 Å². The highest BCUT2D eigenvalue weighted by atomic mass is 16.5. The second-order valence-corrected chi connectivity index (χ2v) is 5.67. The second-order valence-electron chi connectivity index (χ2n) is 5.67. The molecule has 0 spiro atoms. The predicted octanol–water partition coefficient (Wildman–Crippen LogP) is 3.52. The van der Waals surface area contributed by atoms with Crippen molar-refractivity contribution in [3.63, 3.8) is 0 Å². The molecule has 0 heterocycles. The molecule has 1 N–H and O–H groups in total. The highest BCUT2D eigenvalue weighted by molar-refractivity contribution is 5.42. The molecule has 0 saturated heterocycles. The van der Waals surface area contributed by atoms with Crippen LogP contribution >= 0.6 is 0 Å². The van der Waals surface area contributed by atoms with Gasteiger partial charge in [-0.15, -0.1) is 0 Å². The van der Waals surface area contributed by atoms with Gasteiger partial charge in [0.2, 0.25) is 0 Å². The number of benzene rings is 2. The number of fused-ring (bicyclic) bond motifs is 1. The van der Waals surface area contributed by atoms with Crippen LogP contribution < -0.4 is 4.74 Å². The molecule has 1 atom stereocenters. The van der Waals surface area contributed by atoms with Gasteiger partial charge in [-0.1, -0.05) is 30.3 Å². The molecule has 0 amide bonds. The zero-order valence-electron chi connectivity index (χ0n) is 12.5. The Hall–Kier alpha value is -2.00. The van der Waals surface area contributed by atoms with Gasteiger partial charge in [0.15, 0.2) is 11.5 Å². The fourth-order valence-corrected chi connectivity index (χ4v) is 3.21. The molecule has 0 saturated carbocycles. The second kappa shape index (κ2) is 5.78. The van der Waals surface area contributed by atoms with Crippen molar-refractivity contribution in [1.29, 1.82) is 0 Å². The first-order valence-corrected chi connectivity index (χ1v) is 7.33. The Morgan fingerprint density at radius 1 is 1.24 bits per heavy atom. The van der Waals surface area contributed by atoms with Gasteiger partial charge in [-0.2, -0.15) is 0 Å². The summed E-state index contributed by atoms with van der Waals surface area (Å²) < 4.78 is 5.18. The van der Waals surface area contributed by atoms with E-state index in [1.54, 1.807) is 13.2 Å². The number of aryl methyl sites for hydroxylation is 1. The molecular weight excluding hydrogens is 262 g/mol. The molecule has 0 aromatic heterocycles. The molecule has 0 fully saturated rings. The first-order valence-electron chi connectivity index (χ1n) is 7.33. The van der Waals surface area contributed by atoms with Crippen LogP contribution in [0.1, 0.15) is 29.2 Å². The van der Waals surface area contributed by atoms with Gasteiger partial charge in [0.25, 0.3) is 0 Å². The monoisotopic (exact) mass is 283 g/mol. The Morgan fingerprint density at radius 2 is 2.05 bits per heavy atom. The lowest BCUT2D eigenvalue weighted by Crippen LogP contribution is -2.22. The van der Waals surface area contributed by atoms with Crippen molar-refractivity contribution < 1.29 is 9.84 Å². The number of phenolic OH excluding ortho intramolecular Hbond substituents is 1. The summed E-state index contributed by atoms with van der Waals surface area (Å²) >= 11 is 0. The Bertz CT molecular complexity index is 639. The predicted molar refractivity (Wildman–Crippen MR) is 83.6 cm³/mol. The van der Waals surface area contributed by atoms with Crippen molar-refractivity contribution in [2.45, 2.75) is 25.4 Å². The molecule has 110 valence electrons. The summed E-state index contributed by atoms with van der Waals surface area (Å²) in [7, 11) is 3.74. The standard InChI is InChI=1S/C18H21NO2/c1-19(12-13-7-10-17(20)18(11-13)21-2)16-9-8-14-5-3-4-6-15(14)16/h3-7,10-11,16,20H,8-9,12H2,1-2H3. The molecule has 3 rings (SSSR count). The number of methoxy groups -OCH3 is 1. The maximum absolute atomic E-state index is 9.67. The highest BCUT2D eigenvalue weighted by Crippen LogP contribution is 2.36. The third-order valence-corrected chi connectivity index (χ3v) is 4.31. The molecule has 2 aromatic carbocycles. The zero-order chi connectivity index (χ0) is 14.8. The van der Waals surface area contributed by atoms with E-state index in [9.17, 15) is 5.11 Å². The van der Waals surface area contributed by atoms with Crippen LogP contribution in [0.25, 0.3) is 0 Å². The first kappa shape index (κ1) is 14.0. The molecule has 0 bridgehead atoms. The summed E-state index contributed by atoms with van der Waals surface area (Å²) in [5, 5.41) is 9.67. The molecule has 2 aromatic rings. The smallest absolute Gasteiger partial charge is 0.160 e. The normalized spacial score (nSPS) is 17.0. The van der Waals surface area contributed by atoms with E-state index in [-0.39, 0.29) is 5.75 Å². The minimum Gasteiger partial charge on any atom is -0.504 e. The van der Waals surface area contributed by atoms with Crippen LogP contribution in [0.3, 0.4) is 0 Å². The third kappa shape index (κ3) is 2.74. The van der Waals surface area contributed by atoms with Crippen LogP contribution in [0.2, 0.25) is 0 Å². The number of nitrogens with zero attached hydrogens (tertiary/aromatic N) is 1. The molecule has 0 radical (unpaired) electrons. The fraction of sp³-hybridized carbons (Fsp3) is 0.333. The molecule has 1 unspecified atom stereocenters. The van der Waals surface area contributed by atoms with Gasteiger partial charge < -0.3 is 9.84 Å². The summed E-state index contributed by atoms with van der Waals surface area (Å²) in [5.74, 6) is 0.725. The van der Waals surface area contributed by atoms with Gasteiger partial charge in [-0.05, 0) is 48.7 Å². The lowest BCUT2D eigenvalue weighted by Gasteiger charge is -2.25. The van der Waals surface area contributed by atoms with Crippen molar-refractivity contribution in [2.24, 2.45) is 0 Å². The Balaban J connectivity index is 1.77. The number of rotatable bonds is 4. The van der Waals surface area contributed by atoms with Crippen LogP contribution in [-0.2, 0) is 13.0 Å². The third-order valence-electron chi connectivity index (χ3n) is 4.31. The Labute approximate surface area is 125 Å². The maximum atomic E-state index is 9.67. The van der Waals surface area contributed by atoms with Gasteiger partial charge in [0.05, 0.1) is 7.11 Å². The molecule has 21 heavy (non-hydrogen) atoms. The molecule has 3 nitrogen and oxygen atoms in total. The minimum absolute atomic E-state index is 0.190. The lowest BCUT2D eigenvalue weighted by molar-refractivity contribution is 0.235. The van der Waals surface area contributed by atoms with E-state index in [1.807, 2.05) is 12.1 Å². The van der Waals surface area contributed by atoms with Crippen molar-refractivity contribution in [3.8, 4) is 11.5 Å². The average Bonchev–Trinajstić information content (AvgIpc) is 2.93. The number of ether oxygens (including phenoxy) is 1. The molecule has 1 aliphatic carbocycles. The van der Waals surface area contributed by atoms with E-state index < -0.39 is 0 Å². The topological polar surface area (TPSA) is 32.7 Å². The number of aromatic hydroxyl groups is 1. The summed E-state index contributed by atoms with van der Waals surface area (Å²) in [6.07, 6.45) is 2.33. The fourth-order valence-electron chi connectivity index (χ4n) is 3.21. The van der Waals surface area contributed by atoms with E-state index in [1.165, 1.54) is 17.5 Å². The van der Waals surface area contributed by atoms with Crippen LogP contribution in [0.15, 0.2) is 42.5 Å². The summed E-state index contributed by atoms with van der Waals surface area (Å²) in [6, 6.07) is 14.7. The average molecular weight is 283 g/mol. The quantitative estimate of drug-likeness (QED) is 0.932. The van der Waals surface area contributed by atoms with Gasteiger partial charge in [-0.25, -0.2) is 0 Å². The largest absolute Gasteiger partial charge is 0.504 e. The Kier molecular flexibility index (Phi) is 3.84. The maximum Gasteiger partial charge on any atom is 0.160 e. The van der Waals surface area contributed by atoms with Crippen molar-refractivity contribution in [3.05, 3.63) is 59.2 Å². The summed E-state index contributed by atoms with van der Waals surface area (Å²) in [5.41, 5.74) is 4.07. The van der Waals surface area contributed by atoms with E-state index in [0.717, 1.165) is 18.5 Å². The van der Waals surface area contributed by atoms with Crippen LogP contribution in [0.5, 0.6) is 11.5 Å². The van der Waals surface area contributed by atoms with E-state index in [4.69, 9.17) is 4.74 Å². The van der Waals surface area contributed by atoms with E-state index in [2.05, 4.69) is 36.2 Å². The van der Waals surface area contributed by atoms with E-state index in [0.29, 0.717) is 11.8 Å². The molecule has 3 heteroatoms. The minimum atomic E-state index is 0.190. The van der Waals surface area contributed by atoms with Crippen molar-refractivity contribution in [1.82, 2.24) is 4.90 Å². The van der Waals surface area contributed by atoms with E-state index >= 15 is 0 Å². The number of hydrogen-bond donors (Lipinski definition) is 1. The van der Waals surface area contributed by atoms with Gasteiger partial charge in [0, 0.05) is 12.6 Å². The summed E-state index contributed by atoms with van der Waals surface area (Å²) in [4.78, 5) is 2.37. The van der Waals surface area contributed by atoms with Gasteiger partial charge >= 0.3 is 0 Å². The van der Waals surface area contributed by atoms with Crippen molar-refractivity contribution >= 4 is 0 Å². The first-order chi connectivity index (χ1) is 10.2. The SMILES string of the molecule is COc1cc(CN(C)C2CCc3ccccc32)ccc1O. The Morgan fingerprint density at radius 3 is 2.86 bits per heavy atom. The van der Waals surface area contributed by atoms with Gasteiger partial charge in [0.1, 0.15) is 0 Å². The van der Waals surface area contributed by atoms with Crippen LogP contribution in [-0.4, -0.2) is 24.2 Å². The number of phenols is 1. The number of hydrogen-bond acceptors (Lipinski definition) is 3. The van der Waals surface area contributed by atoms with Crippen molar-refractivity contribution in [2.75, 3.05) is 14.2 Å². The lowest BCUT2D eigenvalue weighted by atomic mass is 10.1. The molecule has 0 aliphatic heterocycles. The zero-order valence-corrected chi connectivity index (χ0v) is 12.5. The summed E-state index contributed by atoms with van der Waals surface area (Å²) in [6.45, 7) is 0.843. The molecule has 1 aliphatic rings. The van der Waals surface area contributed by atoms with Crippen LogP contribution in [0.4, 0.5) is 0 Å². The molecular formula is C18H21NO2. The van der Waals surface area contributed by atoms with Crippen LogP contribution in [0, 0.1) is 0 Å². The highest BCUT2D eigenvalue weighted by Gasteiger charge is 2.25.